The minimum Gasteiger partial charge on any atom is -0.497 e. The Hall–Kier alpha value is -3.58. The number of H-pyrrole nitrogens is 1. The van der Waals surface area contributed by atoms with Crippen LogP contribution in [0.4, 0.5) is 4.79 Å². The highest BCUT2D eigenvalue weighted by atomic mass is 16.5. The van der Waals surface area contributed by atoms with Gasteiger partial charge in [-0.3, -0.25) is 14.6 Å². The Bertz CT molecular complexity index is 1320. The number of hydrogen-bond acceptors (Lipinski definition) is 4. The fraction of sp³-hybridized carbons (Fsp3) is 0.357. The molecule has 0 aliphatic carbocycles. The third kappa shape index (κ3) is 3.45. The smallest absolute Gasteiger partial charge is 0.328 e. The average Bonchev–Trinajstić information content (AvgIpc) is 3.56. The molecule has 35 heavy (non-hydrogen) atoms. The molecule has 1 aromatic heterocycles. The average molecular weight is 471 g/mol. The second kappa shape index (κ2) is 8.27. The predicted octanol–water partition coefficient (Wildman–Crippen LogP) is 3.91. The summed E-state index contributed by atoms with van der Waals surface area (Å²) in [5.41, 5.74) is 3.32. The molecular formula is C28H30N4O3. The van der Waals surface area contributed by atoms with Crippen molar-refractivity contribution in [2.24, 2.45) is 0 Å². The van der Waals surface area contributed by atoms with Crippen molar-refractivity contribution in [3.63, 3.8) is 0 Å². The number of urea groups is 1. The van der Waals surface area contributed by atoms with Crippen molar-refractivity contribution in [3.05, 3.63) is 77.5 Å². The number of hydrogen-bond donors (Lipinski definition) is 1. The molecular weight excluding hydrogens is 440 g/mol. The van der Waals surface area contributed by atoms with Crippen molar-refractivity contribution in [1.29, 1.82) is 0 Å². The van der Waals surface area contributed by atoms with E-state index in [1.54, 1.807) is 7.11 Å². The number of aromatic nitrogens is 1. The van der Waals surface area contributed by atoms with Crippen LogP contribution in [0.2, 0.25) is 0 Å². The maximum Gasteiger partial charge on any atom is 0.328 e. The standard InChI is InChI=1S/C28H30N4O3/c1-28-18-22-21-17-20(35-2)10-11-23(21)29-25(22)24(16-19-8-4-3-5-9-19)32(28)27(34)31(26(28)33)15-14-30-12-6-7-13-30/h3-11,17,24,29H,12-16,18H2,1-2H3/t24?,28-/m0/s1. The number of amides is 3. The lowest BCUT2D eigenvalue weighted by Crippen LogP contribution is -2.53. The van der Waals surface area contributed by atoms with Crippen LogP contribution in [0.15, 0.2) is 60.7 Å². The van der Waals surface area contributed by atoms with Gasteiger partial charge in [0.15, 0.2) is 0 Å². The quantitative estimate of drug-likeness (QED) is 0.438. The Labute approximate surface area is 204 Å². The molecule has 0 bridgehead atoms. The van der Waals surface area contributed by atoms with E-state index in [-0.39, 0.29) is 18.0 Å². The summed E-state index contributed by atoms with van der Waals surface area (Å²) < 4.78 is 5.49. The lowest BCUT2D eigenvalue weighted by Gasteiger charge is -2.42. The van der Waals surface area contributed by atoms with Gasteiger partial charge in [-0.1, -0.05) is 42.5 Å². The molecule has 3 aliphatic heterocycles. The molecule has 180 valence electrons. The lowest BCUT2D eigenvalue weighted by molar-refractivity contribution is -0.133. The molecule has 2 atom stereocenters. The van der Waals surface area contributed by atoms with Gasteiger partial charge in [-0.05, 0) is 42.7 Å². The number of methoxy groups -OCH3 is 1. The topological polar surface area (TPSA) is 68.9 Å². The summed E-state index contributed by atoms with van der Waals surface area (Å²) in [4.78, 5) is 36.9. The van der Waals surface area contributed by atoms with Crippen LogP contribution in [0.3, 0.4) is 0 Å². The molecule has 1 N–H and O–H groups in total. The van der Waals surface area contributed by atoms with Gasteiger partial charge >= 0.3 is 6.03 Å². The summed E-state index contributed by atoms with van der Waals surface area (Å²) in [6, 6.07) is 15.7. The van der Waals surface area contributed by atoms with Gasteiger partial charge in [0.25, 0.3) is 5.91 Å². The second-order valence-electron chi connectivity index (χ2n) is 9.93. The van der Waals surface area contributed by atoms with Gasteiger partial charge in [0, 0.05) is 49.2 Å². The van der Waals surface area contributed by atoms with E-state index < -0.39 is 5.54 Å². The molecule has 0 radical (unpaired) electrons. The van der Waals surface area contributed by atoms with E-state index in [0.29, 0.717) is 25.9 Å². The van der Waals surface area contributed by atoms with E-state index in [1.165, 1.54) is 4.90 Å². The summed E-state index contributed by atoms with van der Waals surface area (Å²) in [5.74, 6) is 0.678. The van der Waals surface area contributed by atoms with E-state index in [4.69, 9.17) is 4.74 Å². The monoisotopic (exact) mass is 470 g/mol. The molecule has 7 nitrogen and oxygen atoms in total. The first-order chi connectivity index (χ1) is 17.0. The summed E-state index contributed by atoms with van der Waals surface area (Å²) in [7, 11) is 1.66. The SMILES string of the molecule is COc1ccc2[nH]c3c(c2c1)C[C@@]1(C)C(=O)N(CCN2CC=CC2)C(=O)N1C3Cc1ccccc1. The summed E-state index contributed by atoms with van der Waals surface area (Å²) in [5, 5.41) is 1.06. The summed E-state index contributed by atoms with van der Waals surface area (Å²) in [6.07, 6.45) is 5.36. The van der Waals surface area contributed by atoms with Crippen molar-refractivity contribution in [2.45, 2.75) is 31.3 Å². The Kier molecular flexibility index (Phi) is 5.18. The van der Waals surface area contributed by atoms with Gasteiger partial charge in [-0.25, -0.2) is 4.79 Å². The molecule has 4 heterocycles. The Balaban J connectivity index is 1.42. The first-order valence-corrected chi connectivity index (χ1v) is 12.2. The zero-order chi connectivity index (χ0) is 24.2. The first-order valence-electron chi connectivity index (χ1n) is 12.2. The maximum absolute atomic E-state index is 13.9. The minimum atomic E-state index is -0.926. The molecule has 6 rings (SSSR count). The van der Waals surface area contributed by atoms with Gasteiger partial charge in [0.2, 0.25) is 0 Å². The van der Waals surface area contributed by atoms with Crippen LogP contribution in [0, 0.1) is 0 Å². The molecule has 7 heteroatoms. The van der Waals surface area contributed by atoms with E-state index >= 15 is 0 Å². The van der Waals surface area contributed by atoms with Crippen LogP contribution in [0.25, 0.3) is 10.9 Å². The maximum atomic E-state index is 13.9. The molecule has 3 amide bonds. The number of carbonyl (C=O) groups is 2. The number of benzene rings is 2. The van der Waals surface area contributed by atoms with Crippen LogP contribution in [0.5, 0.6) is 5.75 Å². The van der Waals surface area contributed by atoms with E-state index in [0.717, 1.165) is 46.6 Å². The van der Waals surface area contributed by atoms with Gasteiger partial charge < -0.3 is 14.6 Å². The largest absolute Gasteiger partial charge is 0.497 e. The van der Waals surface area contributed by atoms with Crippen LogP contribution in [-0.2, 0) is 17.6 Å². The van der Waals surface area contributed by atoms with Gasteiger partial charge in [-0.15, -0.1) is 0 Å². The Morgan fingerprint density at radius 2 is 1.83 bits per heavy atom. The number of nitrogens with zero attached hydrogens (tertiary/aromatic N) is 3. The van der Waals surface area contributed by atoms with Crippen molar-refractivity contribution >= 4 is 22.8 Å². The van der Waals surface area contributed by atoms with E-state index in [2.05, 4.69) is 34.2 Å². The van der Waals surface area contributed by atoms with Crippen LogP contribution < -0.4 is 4.74 Å². The molecule has 2 aromatic carbocycles. The minimum absolute atomic E-state index is 0.101. The van der Waals surface area contributed by atoms with Gasteiger partial charge in [0.1, 0.15) is 11.3 Å². The van der Waals surface area contributed by atoms with E-state index in [1.807, 2.05) is 48.2 Å². The highest BCUT2D eigenvalue weighted by Gasteiger charge is 2.59. The lowest BCUT2D eigenvalue weighted by atomic mass is 9.81. The van der Waals surface area contributed by atoms with Crippen LogP contribution in [0.1, 0.15) is 29.8 Å². The first kappa shape index (κ1) is 21.9. The van der Waals surface area contributed by atoms with Crippen molar-refractivity contribution < 1.29 is 14.3 Å². The molecule has 3 aliphatic rings. The third-order valence-electron chi connectivity index (χ3n) is 7.79. The number of aromatic amines is 1. The van der Waals surface area contributed by atoms with Crippen molar-refractivity contribution in [3.8, 4) is 5.75 Å². The highest BCUT2D eigenvalue weighted by Crippen LogP contribution is 2.47. The van der Waals surface area contributed by atoms with Gasteiger partial charge in [0.05, 0.1) is 13.2 Å². The highest BCUT2D eigenvalue weighted by molar-refractivity contribution is 6.08. The zero-order valence-corrected chi connectivity index (χ0v) is 20.2. The summed E-state index contributed by atoms with van der Waals surface area (Å²) >= 11 is 0. The fourth-order valence-corrected chi connectivity index (χ4v) is 5.96. The number of nitrogens with one attached hydrogen (secondary N) is 1. The number of imide groups is 1. The Morgan fingerprint density at radius 1 is 1.06 bits per heavy atom. The zero-order valence-electron chi connectivity index (χ0n) is 20.2. The second-order valence-corrected chi connectivity index (χ2v) is 9.93. The summed E-state index contributed by atoms with van der Waals surface area (Å²) in [6.45, 7) is 4.76. The number of carbonyl (C=O) groups excluding carboxylic acids is 2. The number of fused-ring (bicyclic) bond motifs is 4. The number of rotatable bonds is 6. The van der Waals surface area contributed by atoms with Crippen molar-refractivity contribution in [2.75, 3.05) is 33.3 Å². The molecule has 0 saturated carbocycles. The predicted molar refractivity (Wildman–Crippen MR) is 134 cm³/mol. The van der Waals surface area contributed by atoms with Crippen LogP contribution in [-0.4, -0.2) is 70.4 Å². The molecule has 1 unspecified atom stereocenters. The molecule has 1 saturated heterocycles. The van der Waals surface area contributed by atoms with Crippen LogP contribution >= 0.6 is 0 Å². The third-order valence-corrected chi connectivity index (χ3v) is 7.79. The normalized spacial score (nSPS) is 23.9. The number of ether oxygens (including phenoxy) is 1. The van der Waals surface area contributed by atoms with Gasteiger partial charge in [-0.2, -0.15) is 0 Å². The molecule has 1 fully saturated rings. The molecule has 3 aromatic rings. The van der Waals surface area contributed by atoms with Crippen molar-refractivity contribution in [1.82, 2.24) is 19.7 Å². The fourth-order valence-electron chi connectivity index (χ4n) is 5.96. The Morgan fingerprint density at radius 3 is 2.57 bits per heavy atom. The molecule has 0 spiro atoms. The van der Waals surface area contributed by atoms with E-state index in [9.17, 15) is 9.59 Å².